The summed E-state index contributed by atoms with van der Waals surface area (Å²) in [4.78, 5) is 4.36. The molecule has 0 N–H and O–H groups in total. The predicted octanol–water partition coefficient (Wildman–Crippen LogP) is 1.34. The first-order valence-corrected chi connectivity index (χ1v) is 6.47. The fourth-order valence-electron chi connectivity index (χ4n) is 2.10. The molecule has 1 fully saturated rings. The topological polar surface area (TPSA) is 48.7 Å². The largest absolute Gasteiger partial charge is 0.516 e. The van der Waals surface area contributed by atoms with Gasteiger partial charge in [0.15, 0.2) is 5.65 Å². The number of rotatable bonds is 1. The van der Waals surface area contributed by atoms with Crippen molar-refractivity contribution in [1.29, 1.82) is 0 Å². The normalized spacial score (nSPS) is 21.2. The second-order valence-electron chi connectivity index (χ2n) is 6.03. The Morgan fingerprint density at radius 3 is 2.37 bits per heavy atom. The van der Waals surface area contributed by atoms with Gasteiger partial charge in [-0.25, -0.2) is 9.50 Å². The molecule has 1 saturated heterocycles. The lowest BCUT2D eigenvalue weighted by atomic mass is 9.85. The van der Waals surface area contributed by atoms with E-state index >= 15 is 0 Å². The third-order valence-corrected chi connectivity index (χ3v) is 3.96. The summed E-state index contributed by atoms with van der Waals surface area (Å²) >= 11 is 0. The molecule has 2 aromatic rings. The molecule has 3 heterocycles. The number of aryl methyl sites for hydroxylation is 1. The highest BCUT2D eigenvalue weighted by Crippen LogP contribution is 2.36. The van der Waals surface area contributed by atoms with Gasteiger partial charge in [0.25, 0.3) is 0 Å². The van der Waals surface area contributed by atoms with Crippen molar-refractivity contribution in [3.63, 3.8) is 0 Å². The van der Waals surface area contributed by atoms with Gasteiger partial charge < -0.3 is 9.31 Å². The van der Waals surface area contributed by atoms with Crippen molar-refractivity contribution >= 4 is 18.4 Å². The van der Waals surface area contributed by atoms with Gasteiger partial charge in [0.1, 0.15) is 0 Å². The van der Waals surface area contributed by atoms with Crippen LogP contribution in [0.1, 0.15) is 33.4 Å². The molecule has 1 aliphatic heterocycles. The molecule has 1 aliphatic rings. The Kier molecular flexibility index (Phi) is 2.53. The summed E-state index contributed by atoms with van der Waals surface area (Å²) in [5, 5.41) is 4.51. The summed E-state index contributed by atoms with van der Waals surface area (Å²) in [5.41, 5.74) is 1.85. The first kappa shape index (κ1) is 12.6. The number of hydrogen-bond acceptors (Lipinski definition) is 4. The minimum Gasteiger partial charge on any atom is -0.398 e. The second kappa shape index (κ2) is 3.80. The predicted molar refractivity (Wildman–Crippen MR) is 73.4 cm³/mol. The van der Waals surface area contributed by atoms with E-state index in [1.165, 1.54) is 0 Å². The maximum atomic E-state index is 5.99. The molecule has 0 atom stereocenters. The van der Waals surface area contributed by atoms with Gasteiger partial charge in [-0.05, 0) is 46.8 Å². The summed E-state index contributed by atoms with van der Waals surface area (Å²) in [5.74, 6) is 0. The Morgan fingerprint density at radius 1 is 1.11 bits per heavy atom. The van der Waals surface area contributed by atoms with Crippen LogP contribution in [0.25, 0.3) is 5.65 Å². The summed E-state index contributed by atoms with van der Waals surface area (Å²) in [7, 11) is -0.433. The lowest BCUT2D eigenvalue weighted by Gasteiger charge is -2.32. The highest BCUT2D eigenvalue weighted by Gasteiger charge is 2.52. The van der Waals surface area contributed by atoms with Crippen LogP contribution in [0.2, 0.25) is 0 Å². The Balaban J connectivity index is 1.97. The number of nitrogens with zero attached hydrogens (tertiary/aromatic N) is 3. The molecule has 100 valence electrons. The van der Waals surface area contributed by atoms with Gasteiger partial charge in [-0.2, -0.15) is 5.10 Å². The minimum atomic E-state index is -0.433. The van der Waals surface area contributed by atoms with Crippen LogP contribution < -0.4 is 5.59 Å². The van der Waals surface area contributed by atoms with E-state index in [2.05, 4.69) is 10.1 Å². The van der Waals surface area contributed by atoms with Crippen LogP contribution in [0.3, 0.4) is 0 Å². The van der Waals surface area contributed by atoms with Crippen LogP contribution in [0.5, 0.6) is 0 Å². The van der Waals surface area contributed by atoms with Gasteiger partial charge in [0.05, 0.1) is 28.7 Å². The van der Waals surface area contributed by atoms with Crippen LogP contribution in [-0.2, 0) is 9.31 Å². The molecular formula is C13H18BN3O2. The van der Waals surface area contributed by atoms with Crippen LogP contribution in [0.4, 0.5) is 0 Å². The zero-order valence-electron chi connectivity index (χ0n) is 12.0. The van der Waals surface area contributed by atoms with Crippen molar-refractivity contribution in [2.75, 3.05) is 0 Å². The van der Waals surface area contributed by atoms with E-state index in [4.69, 9.17) is 9.31 Å². The third-order valence-electron chi connectivity index (χ3n) is 3.96. The van der Waals surface area contributed by atoms with Crippen molar-refractivity contribution in [2.45, 2.75) is 45.8 Å². The average Bonchev–Trinajstić information content (AvgIpc) is 2.74. The minimum absolute atomic E-state index is 0.348. The molecular weight excluding hydrogens is 241 g/mol. The van der Waals surface area contributed by atoms with Crippen molar-refractivity contribution < 1.29 is 9.31 Å². The average molecular weight is 259 g/mol. The highest BCUT2D eigenvalue weighted by atomic mass is 16.7. The van der Waals surface area contributed by atoms with E-state index in [1.807, 2.05) is 52.9 Å². The molecule has 19 heavy (non-hydrogen) atoms. The molecule has 2 aromatic heterocycles. The summed E-state index contributed by atoms with van der Waals surface area (Å²) in [6, 6.07) is 3.84. The summed E-state index contributed by atoms with van der Waals surface area (Å²) < 4.78 is 13.7. The lowest BCUT2D eigenvalue weighted by molar-refractivity contribution is 0.00578. The third kappa shape index (κ3) is 1.95. The van der Waals surface area contributed by atoms with E-state index in [1.54, 1.807) is 4.52 Å². The Morgan fingerprint density at radius 2 is 1.74 bits per heavy atom. The standard InChI is InChI=1S/C13H18BN3O2/c1-9-8-17-11(15-9)7-6-10(16-17)14-18-12(2,3)13(4,5)19-14/h6-8H,1-5H3. The number of imidazole rings is 1. The molecule has 0 aliphatic carbocycles. The van der Waals surface area contributed by atoms with Gasteiger partial charge in [0.2, 0.25) is 0 Å². The Hall–Kier alpha value is -1.40. The molecule has 0 unspecified atom stereocenters. The zero-order valence-corrected chi connectivity index (χ0v) is 12.0. The molecule has 0 amide bonds. The molecule has 0 bridgehead atoms. The van der Waals surface area contributed by atoms with Crippen LogP contribution in [0.15, 0.2) is 18.3 Å². The van der Waals surface area contributed by atoms with E-state index in [9.17, 15) is 0 Å². The quantitative estimate of drug-likeness (QED) is 0.725. The summed E-state index contributed by atoms with van der Waals surface area (Å²) in [6.45, 7) is 10.1. The van der Waals surface area contributed by atoms with Gasteiger partial charge in [-0.15, -0.1) is 0 Å². The van der Waals surface area contributed by atoms with Gasteiger partial charge in [-0.3, -0.25) is 0 Å². The van der Waals surface area contributed by atoms with Crippen LogP contribution >= 0.6 is 0 Å². The number of aromatic nitrogens is 3. The molecule has 0 spiro atoms. The smallest absolute Gasteiger partial charge is 0.398 e. The first-order chi connectivity index (χ1) is 8.78. The zero-order chi connectivity index (χ0) is 13.8. The Bertz CT molecular complexity index is 620. The molecule has 5 nitrogen and oxygen atoms in total. The van der Waals surface area contributed by atoms with E-state index in [0.717, 1.165) is 16.9 Å². The number of hydrogen-bond donors (Lipinski definition) is 0. The maximum absolute atomic E-state index is 5.99. The fraction of sp³-hybridized carbons (Fsp3) is 0.538. The highest BCUT2D eigenvalue weighted by molar-refractivity contribution is 6.61. The lowest BCUT2D eigenvalue weighted by Crippen LogP contribution is -2.41. The van der Waals surface area contributed by atoms with Crippen molar-refractivity contribution in [3.8, 4) is 0 Å². The maximum Gasteiger partial charge on any atom is 0.516 e. The molecule has 0 aromatic carbocycles. The van der Waals surface area contributed by atoms with E-state index in [-0.39, 0.29) is 11.2 Å². The fourth-order valence-corrected chi connectivity index (χ4v) is 2.10. The molecule has 3 rings (SSSR count). The van der Waals surface area contributed by atoms with E-state index < -0.39 is 7.12 Å². The van der Waals surface area contributed by atoms with Gasteiger partial charge in [-0.1, -0.05) is 0 Å². The molecule has 6 heteroatoms. The first-order valence-electron chi connectivity index (χ1n) is 6.47. The van der Waals surface area contributed by atoms with Crippen molar-refractivity contribution in [2.24, 2.45) is 0 Å². The SMILES string of the molecule is Cc1cn2nc(B3OC(C)(C)C(C)(C)O3)ccc2n1. The van der Waals surface area contributed by atoms with E-state index in [0.29, 0.717) is 0 Å². The van der Waals surface area contributed by atoms with Crippen LogP contribution in [-0.4, -0.2) is 32.9 Å². The second-order valence-corrected chi connectivity index (χ2v) is 6.03. The monoisotopic (exact) mass is 259 g/mol. The van der Waals surface area contributed by atoms with Crippen molar-refractivity contribution in [3.05, 3.63) is 24.0 Å². The van der Waals surface area contributed by atoms with Gasteiger partial charge in [0, 0.05) is 0 Å². The van der Waals surface area contributed by atoms with Crippen molar-refractivity contribution in [1.82, 2.24) is 14.6 Å². The molecule has 0 saturated carbocycles. The Labute approximate surface area is 113 Å². The van der Waals surface area contributed by atoms with Gasteiger partial charge >= 0.3 is 7.12 Å². The van der Waals surface area contributed by atoms with Crippen LogP contribution in [0, 0.1) is 6.92 Å². The number of fused-ring (bicyclic) bond motifs is 1. The summed E-state index contributed by atoms with van der Waals surface area (Å²) in [6.07, 6.45) is 1.89. The molecule has 0 radical (unpaired) electrons.